The van der Waals surface area contributed by atoms with Crippen LogP contribution in [0, 0.1) is 0 Å². The molecule has 16 heavy (non-hydrogen) atoms. The van der Waals surface area contributed by atoms with Crippen LogP contribution in [-0.4, -0.2) is 35.2 Å². The number of para-hydroxylation sites is 1. The molecule has 0 heterocycles. The van der Waals surface area contributed by atoms with Crippen molar-refractivity contribution < 1.29 is 19.8 Å². The number of carbonyl (C=O) groups is 2. The SMILES string of the molecule is CCN(CC(=O)O)c1ccccc1C(=O)O. The largest absolute Gasteiger partial charge is 0.480 e. The number of benzene rings is 1. The minimum Gasteiger partial charge on any atom is -0.480 e. The van der Waals surface area contributed by atoms with Gasteiger partial charge in [-0.2, -0.15) is 0 Å². The van der Waals surface area contributed by atoms with Gasteiger partial charge in [-0.25, -0.2) is 4.79 Å². The number of anilines is 1. The van der Waals surface area contributed by atoms with Gasteiger partial charge in [0.05, 0.1) is 11.3 Å². The quantitative estimate of drug-likeness (QED) is 0.786. The fourth-order valence-corrected chi connectivity index (χ4v) is 1.46. The Morgan fingerprint density at radius 2 is 1.88 bits per heavy atom. The molecular formula is C11H13NO4. The lowest BCUT2D eigenvalue weighted by Crippen LogP contribution is -2.30. The molecule has 0 amide bonds. The van der Waals surface area contributed by atoms with Gasteiger partial charge in [-0.05, 0) is 19.1 Å². The Morgan fingerprint density at radius 1 is 1.25 bits per heavy atom. The van der Waals surface area contributed by atoms with E-state index in [9.17, 15) is 9.59 Å². The molecule has 1 aromatic rings. The number of aliphatic carboxylic acids is 1. The average molecular weight is 223 g/mol. The summed E-state index contributed by atoms with van der Waals surface area (Å²) in [6.45, 7) is 2.01. The lowest BCUT2D eigenvalue weighted by atomic mass is 10.1. The van der Waals surface area contributed by atoms with Crippen LogP contribution in [0.1, 0.15) is 17.3 Å². The van der Waals surface area contributed by atoms with E-state index in [4.69, 9.17) is 10.2 Å². The van der Waals surface area contributed by atoms with Crippen molar-refractivity contribution in [1.82, 2.24) is 0 Å². The number of likely N-dealkylation sites (N-methyl/N-ethyl adjacent to an activating group) is 1. The van der Waals surface area contributed by atoms with Gasteiger partial charge in [-0.1, -0.05) is 12.1 Å². The Hall–Kier alpha value is -2.04. The summed E-state index contributed by atoms with van der Waals surface area (Å²) in [5.41, 5.74) is 0.547. The average Bonchev–Trinajstić information content (AvgIpc) is 2.25. The summed E-state index contributed by atoms with van der Waals surface area (Å²) in [5.74, 6) is -2.04. The lowest BCUT2D eigenvalue weighted by molar-refractivity contribution is -0.135. The van der Waals surface area contributed by atoms with Crippen molar-refractivity contribution in [3.8, 4) is 0 Å². The number of hydrogen-bond acceptors (Lipinski definition) is 3. The molecule has 0 aliphatic heterocycles. The molecule has 0 fully saturated rings. The molecular weight excluding hydrogens is 210 g/mol. The molecule has 0 aliphatic carbocycles. The number of aromatic carboxylic acids is 1. The first-order valence-corrected chi connectivity index (χ1v) is 4.85. The Balaban J connectivity index is 3.08. The maximum atomic E-state index is 11.0. The van der Waals surface area contributed by atoms with Gasteiger partial charge in [-0.3, -0.25) is 4.79 Å². The maximum absolute atomic E-state index is 11.0. The van der Waals surface area contributed by atoms with Crippen LogP contribution in [-0.2, 0) is 4.79 Å². The van der Waals surface area contributed by atoms with Crippen LogP contribution in [0.5, 0.6) is 0 Å². The molecule has 0 bridgehead atoms. The van der Waals surface area contributed by atoms with Gasteiger partial charge in [-0.15, -0.1) is 0 Å². The zero-order chi connectivity index (χ0) is 12.1. The van der Waals surface area contributed by atoms with Crippen LogP contribution in [0.15, 0.2) is 24.3 Å². The standard InChI is InChI=1S/C11H13NO4/c1-2-12(7-10(13)14)9-6-4-3-5-8(9)11(15)16/h3-6H,2,7H2,1H3,(H,13,14)(H,15,16). The van der Waals surface area contributed by atoms with Crippen molar-refractivity contribution in [3.05, 3.63) is 29.8 Å². The number of carboxylic acids is 2. The van der Waals surface area contributed by atoms with Crippen molar-refractivity contribution in [2.45, 2.75) is 6.92 Å². The fraction of sp³-hybridized carbons (Fsp3) is 0.273. The summed E-state index contributed by atoms with van der Waals surface area (Å²) in [7, 11) is 0. The molecule has 0 aromatic heterocycles. The van der Waals surface area contributed by atoms with Crippen LogP contribution in [0.3, 0.4) is 0 Å². The Labute approximate surface area is 92.9 Å². The van der Waals surface area contributed by atoms with Gasteiger partial charge in [0.15, 0.2) is 0 Å². The molecule has 1 aromatic carbocycles. The molecule has 0 unspecified atom stereocenters. The van der Waals surface area contributed by atoms with Gasteiger partial charge < -0.3 is 15.1 Å². The topological polar surface area (TPSA) is 77.8 Å². The van der Waals surface area contributed by atoms with Gasteiger partial charge in [0.2, 0.25) is 0 Å². The predicted octanol–water partition coefficient (Wildman–Crippen LogP) is 1.30. The number of nitrogens with zero attached hydrogens (tertiary/aromatic N) is 1. The van der Waals surface area contributed by atoms with Crippen molar-refractivity contribution >= 4 is 17.6 Å². The zero-order valence-electron chi connectivity index (χ0n) is 8.88. The third-order valence-electron chi connectivity index (χ3n) is 2.18. The molecule has 5 heteroatoms. The highest BCUT2D eigenvalue weighted by atomic mass is 16.4. The van der Waals surface area contributed by atoms with Gasteiger partial charge >= 0.3 is 11.9 Å². The molecule has 0 atom stereocenters. The van der Waals surface area contributed by atoms with Crippen LogP contribution in [0.2, 0.25) is 0 Å². The van der Waals surface area contributed by atoms with E-state index >= 15 is 0 Å². The van der Waals surface area contributed by atoms with E-state index in [1.54, 1.807) is 25.1 Å². The highest BCUT2D eigenvalue weighted by Gasteiger charge is 2.15. The summed E-state index contributed by atoms with van der Waals surface area (Å²) in [4.78, 5) is 23.1. The minimum atomic E-state index is -1.06. The zero-order valence-corrected chi connectivity index (χ0v) is 8.88. The molecule has 2 N–H and O–H groups in total. The second-order valence-corrected chi connectivity index (χ2v) is 3.23. The number of hydrogen-bond donors (Lipinski definition) is 2. The minimum absolute atomic E-state index is 0.116. The van der Waals surface area contributed by atoms with Crippen molar-refractivity contribution in [3.63, 3.8) is 0 Å². The Kier molecular flexibility index (Phi) is 3.88. The van der Waals surface area contributed by atoms with Crippen molar-refractivity contribution in [2.24, 2.45) is 0 Å². The first kappa shape index (κ1) is 12.0. The van der Waals surface area contributed by atoms with E-state index in [2.05, 4.69) is 0 Å². The third kappa shape index (κ3) is 2.73. The lowest BCUT2D eigenvalue weighted by Gasteiger charge is -2.22. The van der Waals surface area contributed by atoms with Crippen LogP contribution >= 0.6 is 0 Å². The first-order valence-electron chi connectivity index (χ1n) is 4.85. The highest BCUT2D eigenvalue weighted by Crippen LogP contribution is 2.19. The highest BCUT2D eigenvalue weighted by molar-refractivity contribution is 5.95. The van der Waals surface area contributed by atoms with E-state index in [-0.39, 0.29) is 12.1 Å². The van der Waals surface area contributed by atoms with Crippen LogP contribution < -0.4 is 4.90 Å². The van der Waals surface area contributed by atoms with E-state index in [1.807, 2.05) is 0 Å². The normalized spacial score (nSPS) is 9.81. The third-order valence-corrected chi connectivity index (χ3v) is 2.18. The van der Waals surface area contributed by atoms with E-state index in [1.165, 1.54) is 11.0 Å². The molecule has 0 spiro atoms. The maximum Gasteiger partial charge on any atom is 0.337 e. The van der Waals surface area contributed by atoms with Crippen LogP contribution in [0.4, 0.5) is 5.69 Å². The van der Waals surface area contributed by atoms with E-state index in [0.29, 0.717) is 12.2 Å². The van der Waals surface area contributed by atoms with Gasteiger partial charge in [0, 0.05) is 6.54 Å². The Morgan fingerprint density at radius 3 is 2.38 bits per heavy atom. The smallest absolute Gasteiger partial charge is 0.337 e. The van der Waals surface area contributed by atoms with Crippen molar-refractivity contribution in [2.75, 3.05) is 18.0 Å². The van der Waals surface area contributed by atoms with Gasteiger partial charge in [0.1, 0.15) is 6.54 Å². The fourth-order valence-electron chi connectivity index (χ4n) is 1.46. The molecule has 5 nitrogen and oxygen atoms in total. The van der Waals surface area contributed by atoms with Crippen LogP contribution in [0.25, 0.3) is 0 Å². The number of rotatable bonds is 5. The van der Waals surface area contributed by atoms with Crippen molar-refractivity contribution in [1.29, 1.82) is 0 Å². The summed E-state index contributed by atoms with van der Waals surface area (Å²) in [5, 5.41) is 17.7. The molecule has 86 valence electrons. The summed E-state index contributed by atoms with van der Waals surface area (Å²) >= 11 is 0. The molecule has 0 saturated carbocycles. The molecule has 0 radical (unpaired) electrons. The monoisotopic (exact) mass is 223 g/mol. The summed E-state index contributed by atoms with van der Waals surface area (Å²) < 4.78 is 0. The van der Waals surface area contributed by atoms with E-state index < -0.39 is 11.9 Å². The molecule has 1 rings (SSSR count). The first-order chi connectivity index (χ1) is 7.56. The summed E-state index contributed by atoms with van der Waals surface area (Å²) in [6, 6.07) is 6.37. The predicted molar refractivity (Wildman–Crippen MR) is 58.9 cm³/mol. The molecule has 0 aliphatic rings. The molecule has 0 saturated heterocycles. The Bertz CT molecular complexity index is 403. The number of carboxylic acid groups (broad SMARTS) is 2. The van der Waals surface area contributed by atoms with E-state index in [0.717, 1.165) is 0 Å². The second-order valence-electron chi connectivity index (χ2n) is 3.23. The summed E-state index contributed by atoms with van der Waals surface area (Å²) in [6.07, 6.45) is 0. The second kappa shape index (κ2) is 5.16. The van der Waals surface area contributed by atoms with Gasteiger partial charge in [0.25, 0.3) is 0 Å².